The van der Waals surface area contributed by atoms with Crippen LogP contribution in [0.3, 0.4) is 0 Å². The molecule has 2 aromatic carbocycles. The highest BCUT2D eigenvalue weighted by Gasteiger charge is 2.25. The number of nitrogens with zero attached hydrogens (tertiary/aromatic N) is 1. The van der Waals surface area contributed by atoms with Crippen LogP contribution in [0.2, 0.25) is 0 Å². The van der Waals surface area contributed by atoms with Crippen LogP contribution in [0.1, 0.15) is 34.3 Å². The number of anilines is 1. The highest BCUT2D eigenvalue weighted by molar-refractivity contribution is 5.98. The first-order valence-electron chi connectivity index (χ1n) is 9.17. The van der Waals surface area contributed by atoms with Crippen LogP contribution in [0.15, 0.2) is 48.5 Å². The third-order valence-electron chi connectivity index (χ3n) is 5.12. The fourth-order valence-corrected chi connectivity index (χ4v) is 3.73. The molecule has 0 radical (unpaired) electrons. The number of nitrogens with one attached hydrogen (secondary N) is 2. The van der Waals surface area contributed by atoms with Crippen molar-refractivity contribution in [3.63, 3.8) is 0 Å². The van der Waals surface area contributed by atoms with Crippen molar-refractivity contribution in [3.05, 3.63) is 65.2 Å². The van der Waals surface area contributed by atoms with E-state index in [0.29, 0.717) is 18.4 Å². The molecule has 1 saturated heterocycles. The predicted octanol–water partition coefficient (Wildman–Crippen LogP) is 2.58. The summed E-state index contributed by atoms with van der Waals surface area (Å²) in [7, 11) is 0. The minimum absolute atomic E-state index is 0.0312. The van der Waals surface area contributed by atoms with E-state index in [-0.39, 0.29) is 17.9 Å². The van der Waals surface area contributed by atoms with Crippen LogP contribution >= 0.6 is 0 Å². The van der Waals surface area contributed by atoms with E-state index in [9.17, 15) is 9.59 Å². The Balaban J connectivity index is 1.35. The monoisotopic (exact) mass is 349 g/mol. The molecular weight excluding hydrogens is 326 g/mol. The predicted molar refractivity (Wildman–Crippen MR) is 101 cm³/mol. The number of aryl methyl sites for hydroxylation is 1. The molecule has 2 aromatic rings. The average Bonchev–Trinajstić information content (AvgIpc) is 3.08. The van der Waals surface area contributed by atoms with Crippen LogP contribution in [0.25, 0.3) is 0 Å². The summed E-state index contributed by atoms with van der Waals surface area (Å²) in [6.45, 7) is 2.80. The molecule has 1 fully saturated rings. The fourth-order valence-electron chi connectivity index (χ4n) is 3.73. The minimum atomic E-state index is -0.0312. The van der Waals surface area contributed by atoms with Gasteiger partial charge in [-0.15, -0.1) is 0 Å². The molecule has 5 nitrogen and oxygen atoms in total. The highest BCUT2D eigenvalue weighted by Crippen LogP contribution is 2.24. The zero-order valence-electron chi connectivity index (χ0n) is 14.7. The topological polar surface area (TPSA) is 61.4 Å². The number of hydrogen-bond acceptors (Lipinski definition) is 3. The molecule has 0 spiro atoms. The zero-order chi connectivity index (χ0) is 17.9. The lowest BCUT2D eigenvalue weighted by Crippen LogP contribution is -2.37. The molecule has 0 saturated carbocycles. The molecule has 2 heterocycles. The van der Waals surface area contributed by atoms with E-state index in [1.807, 2.05) is 18.2 Å². The van der Waals surface area contributed by atoms with Crippen LogP contribution in [-0.4, -0.2) is 35.8 Å². The quantitative estimate of drug-likeness (QED) is 0.892. The van der Waals surface area contributed by atoms with Gasteiger partial charge in [-0.2, -0.15) is 0 Å². The lowest BCUT2D eigenvalue weighted by molar-refractivity contribution is -0.116. The molecule has 0 aliphatic carbocycles. The number of carbonyl (C=O) groups excluding carboxylic acids is 2. The summed E-state index contributed by atoms with van der Waals surface area (Å²) < 4.78 is 0. The third-order valence-corrected chi connectivity index (χ3v) is 5.12. The minimum Gasteiger partial charge on any atom is -0.348 e. The fraction of sp³-hybridized carbons (Fsp3) is 0.333. The van der Waals surface area contributed by atoms with Crippen molar-refractivity contribution in [1.82, 2.24) is 10.2 Å². The molecule has 2 N–H and O–H groups in total. The average molecular weight is 349 g/mol. The van der Waals surface area contributed by atoms with E-state index in [1.54, 1.807) is 6.07 Å². The van der Waals surface area contributed by atoms with Crippen molar-refractivity contribution >= 4 is 17.5 Å². The van der Waals surface area contributed by atoms with E-state index in [2.05, 4.69) is 39.8 Å². The van der Waals surface area contributed by atoms with Gasteiger partial charge in [0.25, 0.3) is 5.91 Å². The smallest absolute Gasteiger partial charge is 0.251 e. The van der Waals surface area contributed by atoms with Gasteiger partial charge in [0.15, 0.2) is 0 Å². The van der Waals surface area contributed by atoms with Gasteiger partial charge in [0.05, 0.1) is 0 Å². The Kier molecular flexibility index (Phi) is 4.71. The van der Waals surface area contributed by atoms with Gasteiger partial charge < -0.3 is 10.6 Å². The first-order valence-corrected chi connectivity index (χ1v) is 9.17. The maximum atomic E-state index is 12.6. The molecule has 2 aliphatic rings. The lowest BCUT2D eigenvalue weighted by atomic mass is 10.00. The third kappa shape index (κ3) is 3.78. The number of likely N-dealkylation sites (tertiary alicyclic amines) is 1. The second-order valence-electron chi connectivity index (χ2n) is 7.10. The summed E-state index contributed by atoms with van der Waals surface area (Å²) >= 11 is 0. The molecule has 26 heavy (non-hydrogen) atoms. The van der Waals surface area contributed by atoms with Gasteiger partial charge in [-0.25, -0.2) is 0 Å². The summed E-state index contributed by atoms with van der Waals surface area (Å²) in [5.74, 6) is 0.00965. The Labute approximate surface area is 153 Å². The largest absolute Gasteiger partial charge is 0.348 e. The van der Waals surface area contributed by atoms with Gasteiger partial charge in [0.1, 0.15) is 0 Å². The summed E-state index contributed by atoms with van der Waals surface area (Å²) in [6.07, 6.45) is 2.14. The molecule has 0 aromatic heterocycles. The first-order chi connectivity index (χ1) is 12.7. The van der Waals surface area contributed by atoms with Crippen LogP contribution in [-0.2, 0) is 17.8 Å². The molecular formula is C21H23N3O2. The maximum absolute atomic E-state index is 12.6. The molecule has 2 amide bonds. The molecule has 0 bridgehead atoms. The van der Waals surface area contributed by atoms with Crippen LogP contribution in [0, 0.1) is 0 Å². The second kappa shape index (κ2) is 7.30. The lowest BCUT2D eigenvalue weighted by Gasteiger charge is -2.19. The Hall–Kier alpha value is -2.66. The summed E-state index contributed by atoms with van der Waals surface area (Å²) in [5.41, 5.74) is 3.83. The summed E-state index contributed by atoms with van der Waals surface area (Å²) in [6, 6.07) is 16.1. The van der Waals surface area contributed by atoms with E-state index in [1.165, 1.54) is 5.56 Å². The van der Waals surface area contributed by atoms with E-state index in [0.717, 1.165) is 37.3 Å². The molecule has 5 heteroatoms. The second-order valence-corrected chi connectivity index (χ2v) is 7.10. The number of carbonyl (C=O) groups is 2. The van der Waals surface area contributed by atoms with Gasteiger partial charge in [-0.05, 0) is 42.2 Å². The van der Waals surface area contributed by atoms with Gasteiger partial charge >= 0.3 is 0 Å². The van der Waals surface area contributed by atoms with Crippen molar-refractivity contribution in [2.24, 2.45) is 0 Å². The Bertz CT molecular complexity index is 819. The maximum Gasteiger partial charge on any atom is 0.251 e. The van der Waals surface area contributed by atoms with E-state index >= 15 is 0 Å². The summed E-state index contributed by atoms with van der Waals surface area (Å²) in [4.78, 5) is 26.4. The Morgan fingerprint density at radius 3 is 2.85 bits per heavy atom. The SMILES string of the molecule is O=C1CCc2cc(C(=O)NC3CCN(Cc4ccccc4)C3)ccc2N1. The van der Waals surface area contributed by atoms with Crippen molar-refractivity contribution < 1.29 is 9.59 Å². The van der Waals surface area contributed by atoms with Gasteiger partial charge in [0.2, 0.25) is 5.91 Å². The standard InChI is InChI=1S/C21H23N3O2/c25-20-9-7-16-12-17(6-8-19(16)23-20)21(26)22-18-10-11-24(14-18)13-15-4-2-1-3-5-15/h1-6,8,12,18H,7,9-11,13-14H2,(H,22,26)(H,23,25). The van der Waals surface area contributed by atoms with E-state index in [4.69, 9.17) is 0 Å². The Morgan fingerprint density at radius 1 is 1.15 bits per heavy atom. The number of fused-ring (bicyclic) bond motifs is 1. The van der Waals surface area contributed by atoms with Gasteiger partial charge in [-0.3, -0.25) is 14.5 Å². The molecule has 2 aliphatic heterocycles. The first kappa shape index (κ1) is 16.8. The van der Waals surface area contributed by atoms with Crippen molar-refractivity contribution in [3.8, 4) is 0 Å². The molecule has 4 rings (SSSR count). The molecule has 1 unspecified atom stereocenters. The molecule has 134 valence electrons. The Morgan fingerprint density at radius 2 is 2.00 bits per heavy atom. The number of hydrogen-bond donors (Lipinski definition) is 2. The van der Waals surface area contributed by atoms with Crippen LogP contribution in [0.5, 0.6) is 0 Å². The normalized spacial score (nSPS) is 19.7. The molecule has 1 atom stereocenters. The van der Waals surface area contributed by atoms with Crippen LogP contribution < -0.4 is 10.6 Å². The number of amides is 2. The zero-order valence-corrected chi connectivity index (χ0v) is 14.7. The van der Waals surface area contributed by atoms with Crippen molar-refractivity contribution in [2.45, 2.75) is 31.8 Å². The van der Waals surface area contributed by atoms with Gasteiger partial charge in [-0.1, -0.05) is 30.3 Å². The van der Waals surface area contributed by atoms with Crippen LogP contribution in [0.4, 0.5) is 5.69 Å². The van der Waals surface area contributed by atoms with Crippen molar-refractivity contribution in [1.29, 1.82) is 0 Å². The van der Waals surface area contributed by atoms with Gasteiger partial charge in [0, 0.05) is 43.3 Å². The number of benzene rings is 2. The number of rotatable bonds is 4. The summed E-state index contributed by atoms with van der Waals surface area (Å²) in [5, 5.41) is 6.01. The van der Waals surface area contributed by atoms with Crippen molar-refractivity contribution in [2.75, 3.05) is 18.4 Å². The van der Waals surface area contributed by atoms with E-state index < -0.39 is 0 Å². The highest BCUT2D eigenvalue weighted by atomic mass is 16.2.